The molecule has 1 unspecified atom stereocenters. The van der Waals surface area contributed by atoms with Crippen LogP contribution in [0.5, 0.6) is 0 Å². The average molecular weight is 421 g/mol. The summed E-state index contributed by atoms with van der Waals surface area (Å²) in [5.41, 5.74) is 2.33. The van der Waals surface area contributed by atoms with Crippen LogP contribution in [0, 0.1) is 11.6 Å². The van der Waals surface area contributed by atoms with E-state index < -0.39 is 6.04 Å². The Kier molecular flexibility index (Phi) is 6.57. The summed E-state index contributed by atoms with van der Waals surface area (Å²) in [6, 6.07) is 22.0. The van der Waals surface area contributed by atoms with Crippen molar-refractivity contribution in [1.82, 2.24) is 10.2 Å². The molecular weight excluding hydrogens is 396 g/mol. The maximum atomic E-state index is 14.2. The van der Waals surface area contributed by atoms with Crippen molar-refractivity contribution in [2.24, 2.45) is 0 Å². The summed E-state index contributed by atoms with van der Waals surface area (Å²) in [5, 5.41) is 3.01. The normalized spacial score (nSPS) is 15.5. The number of anilines is 1. The Labute approximate surface area is 181 Å². The number of halogens is 2. The monoisotopic (exact) mass is 421 g/mol. The van der Waals surface area contributed by atoms with Crippen molar-refractivity contribution in [3.8, 4) is 0 Å². The molecule has 0 aromatic heterocycles. The Hall–Kier alpha value is -3.25. The maximum absolute atomic E-state index is 14.2. The lowest BCUT2D eigenvalue weighted by Gasteiger charge is -2.39. The fourth-order valence-corrected chi connectivity index (χ4v) is 3.98. The smallest absolute Gasteiger partial charge is 0.242 e. The molecule has 3 aromatic carbocycles. The lowest BCUT2D eigenvalue weighted by atomic mass is 10.0. The molecule has 31 heavy (non-hydrogen) atoms. The number of benzene rings is 3. The number of nitrogens with one attached hydrogen (secondary N) is 1. The third kappa shape index (κ3) is 5.09. The highest BCUT2D eigenvalue weighted by molar-refractivity contribution is 5.83. The molecule has 1 heterocycles. The highest BCUT2D eigenvalue weighted by atomic mass is 19.1. The number of piperazine rings is 1. The van der Waals surface area contributed by atoms with Gasteiger partial charge in [-0.3, -0.25) is 9.69 Å². The molecule has 1 aliphatic heterocycles. The highest BCUT2D eigenvalue weighted by Gasteiger charge is 2.31. The Bertz CT molecular complexity index is 1000. The molecule has 1 aliphatic rings. The number of nitrogens with zero attached hydrogens (tertiary/aromatic N) is 2. The van der Waals surface area contributed by atoms with E-state index in [0.29, 0.717) is 38.4 Å². The second-order valence-electron chi connectivity index (χ2n) is 7.63. The van der Waals surface area contributed by atoms with Crippen LogP contribution in [-0.2, 0) is 11.3 Å². The van der Waals surface area contributed by atoms with Crippen LogP contribution in [0.3, 0.4) is 0 Å². The molecule has 6 heteroatoms. The molecule has 4 rings (SSSR count). The third-order valence-corrected chi connectivity index (χ3v) is 5.62. The van der Waals surface area contributed by atoms with Crippen LogP contribution in [0.15, 0.2) is 78.9 Å². The summed E-state index contributed by atoms with van der Waals surface area (Å²) in [7, 11) is 0. The predicted molar refractivity (Wildman–Crippen MR) is 118 cm³/mol. The molecule has 1 N–H and O–H groups in total. The maximum Gasteiger partial charge on any atom is 0.242 e. The van der Waals surface area contributed by atoms with E-state index in [1.54, 1.807) is 24.3 Å². The summed E-state index contributed by atoms with van der Waals surface area (Å²) < 4.78 is 27.7. The minimum Gasteiger partial charge on any atom is -0.367 e. The van der Waals surface area contributed by atoms with Crippen molar-refractivity contribution in [1.29, 1.82) is 0 Å². The lowest BCUT2D eigenvalue weighted by Crippen LogP contribution is -2.51. The van der Waals surface area contributed by atoms with Crippen LogP contribution in [0.25, 0.3) is 0 Å². The molecule has 160 valence electrons. The van der Waals surface area contributed by atoms with Gasteiger partial charge in [0.1, 0.15) is 17.7 Å². The molecule has 0 spiro atoms. The summed E-state index contributed by atoms with van der Waals surface area (Å²) in [6.45, 7) is 2.81. The van der Waals surface area contributed by atoms with E-state index in [9.17, 15) is 13.6 Å². The van der Waals surface area contributed by atoms with Gasteiger partial charge >= 0.3 is 0 Å². The Morgan fingerprint density at radius 2 is 1.48 bits per heavy atom. The number of hydrogen-bond donors (Lipinski definition) is 1. The van der Waals surface area contributed by atoms with Crippen molar-refractivity contribution >= 4 is 11.6 Å². The van der Waals surface area contributed by atoms with Gasteiger partial charge in [0.2, 0.25) is 5.91 Å². The van der Waals surface area contributed by atoms with Crippen molar-refractivity contribution in [3.63, 3.8) is 0 Å². The predicted octanol–water partition coefficient (Wildman–Crippen LogP) is 4.14. The molecule has 1 saturated heterocycles. The zero-order chi connectivity index (χ0) is 21.6. The number of carbonyl (C=O) groups excluding carboxylic acids is 1. The Morgan fingerprint density at radius 3 is 2.16 bits per heavy atom. The van der Waals surface area contributed by atoms with Crippen LogP contribution >= 0.6 is 0 Å². The quantitative estimate of drug-likeness (QED) is 0.650. The molecule has 0 saturated carbocycles. The van der Waals surface area contributed by atoms with E-state index in [2.05, 4.69) is 10.2 Å². The number of amides is 1. The topological polar surface area (TPSA) is 35.6 Å². The van der Waals surface area contributed by atoms with E-state index in [1.165, 1.54) is 18.2 Å². The van der Waals surface area contributed by atoms with Gasteiger partial charge in [0.15, 0.2) is 0 Å². The molecule has 0 aliphatic carbocycles. The minimum atomic E-state index is -0.535. The number of para-hydroxylation sites is 1. The van der Waals surface area contributed by atoms with Crippen LogP contribution in [0.1, 0.15) is 17.2 Å². The zero-order valence-electron chi connectivity index (χ0n) is 17.2. The first-order valence-corrected chi connectivity index (χ1v) is 10.4. The first-order chi connectivity index (χ1) is 15.1. The van der Waals surface area contributed by atoms with Crippen molar-refractivity contribution < 1.29 is 13.6 Å². The first kappa shape index (κ1) is 21.0. The zero-order valence-corrected chi connectivity index (χ0v) is 17.2. The molecule has 0 radical (unpaired) electrons. The van der Waals surface area contributed by atoms with Gasteiger partial charge in [-0.05, 0) is 35.4 Å². The Balaban J connectivity index is 1.49. The largest absolute Gasteiger partial charge is 0.367 e. The lowest BCUT2D eigenvalue weighted by molar-refractivity contribution is -0.127. The fourth-order valence-electron chi connectivity index (χ4n) is 3.98. The molecule has 3 aromatic rings. The summed E-state index contributed by atoms with van der Waals surface area (Å²) >= 11 is 0. The Morgan fingerprint density at radius 1 is 0.839 bits per heavy atom. The SMILES string of the molecule is O=C(NCc1ccccc1)C(c1ccc(F)cc1)N1CCN(c2ccccc2F)CC1. The van der Waals surface area contributed by atoms with E-state index >= 15 is 0 Å². The van der Waals surface area contributed by atoms with Gasteiger partial charge in [-0.25, -0.2) is 8.78 Å². The van der Waals surface area contributed by atoms with Gasteiger partial charge in [0.25, 0.3) is 0 Å². The van der Waals surface area contributed by atoms with Crippen LogP contribution < -0.4 is 10.2 Å². The number of rotatable bonds is 6. The van der Waals surface area contributed by atoms with Crippen LogP contribution in [0.2, 0.25) is 0 Å². The molecule has 1 fully saturated rings. The highest BCUT2D eigenvalue weighted by Crippen LogP contribution is 2.26. The minimum absolute atomic E-state index is 0.130. The van der Waals surface area contributed by atoms with E-state index in [0.717, 1.165) is 11.1 Å². The second-order valence-corrected chi connectivity index (χ2v) is 7.63. The van der Waals surface area contributed by atoms with E-state index in [-0.39, 0.29) is 17.5 Å². The van der Waals surface area contributed by atoms with Crippen molar-refractivity contribution in [3.05, 3.63) is 102 Å². The van der Waals surface area contributed by atoms with Crippen molar-refractivity contribution in [2.75, 3.05) is 31.1 Å². The second kappa shape index (κ2) is 9.71. The molecule has 1 amide bonds. The van der Waals surface area contributed by atoms with Gasteiger partial charge in [0.05, 0.1) is 5.69 Å². The van der Waals surface area contributed by atoms with Gasteiger partial charge < -0.3 is 10.2 Å². The average Bonchev–Trinajstić information content (AvgIpc) is 2.81. The molecule has 1 atom stereocenters. The van der Waals surface area contributed by atoms with E-state index in [4.69, 9.17) is 0 Å². The molecular formula is C25H25F2N3O. The van der Waals surface area contributed by atoms with Gasteiger partial charge in [-0.15, -0.1) is 0 Å². The standard InChI is InChI=1S/C25H25F2N3O/c26-21-12-10-20(11-13-21)24(25(31)28-18-19-6-2-1-3-7-19)30-16-14-29(15-17-30)23-9-5-4-8-22(23)27/h1-13,24H,14-18H2,(H,28,31). The van der Waals surface area contributed by atoms with Gasteiger partial charge in [-0.1, -0.05) is 54.6 Å². The summed E-state index contributed by atoms with van der Waals surface area (Å²) in [4.78, 5) is 17.3. The summed E-state index contributed by atoms with van der Waals surface area (Å²) in [6.07, 6.45) is 0. The van der Waals surface area contributed by atoms with E-state index in [1.807, 2.05) is 41.3 Å². The fraction of sp³-hybridized carbons (Fsp3) is 0.240. The van der Waals surface area contributed by atoms with Crippen LogP contribution in [0.4, 0.5) is 14.5 Å². The molecule has 0 bridgehead atoms. The third-order valence-electron chi connectivity index (χ3n) is 5.62. The molecule has 4 nitrogen and oxygen atoms in total. The van der Waals surface area contributed by atoms with Gasteiger partial charge in [0, 0.05) is 32.7 Å². The number of hydrogen-bond acceptors (Lipinski definition) is 3. The van der Waals surface area contributed by atoms with Gasteiger partial charge in [-0.2, -0.15) is 0 Å². The van der Waals surface area contributed by atoms with Crippen LogP contribution in [-0.4, -0.2) is 37.0 Å². The number of carbonyl (C=O) groups is 1. The summed E-state index contributed by atoms with van der Waals surface area (Å²) in [5.74, 6) is -0.710. The first-order valence-electron chi connectivity index (χ1n) is 10.4. The van der Waals surface area contributed by atoms with Crippen molar-refractivity contribution in [2.45, 2.75) is 12.6 Å².